The first kappa shape index (κ1) is 25.2. The second-order valence-electron chi connectivity index (χ2n) is 7.52. The van der Waals surface area contributed by atoms with Crippen molar-refractivity contribution < 1.29 is 22.7 Å². The summed E-state index contributed by atoms with van der Waals surface area (Å²) >= 11 is 0. The van der Waals surface area contributed by atoms with E-state index in [0.717, 1.165) is 15.4 Å². The molecule has 0 saturated heterocycles. The third kappa shape index (κ3) is 6.23. The Morgan fingerprint density at radius 1 is 1.16 bits per heavy atom. The van der Waals surface area contributed by atoms with Crippen molar-refractivity contribution in [3.05, 3.63) is 42.5 Å². The summed E-state index contributed by atoms with van der Waals surface area (Å²) < 4.78 is 38.9. The molecule has 0 aliphatic rings. The summed E-state index contributed by atoms with van der Waals surface area (Å²) in [6.45, 7) is 3.66. The molecule has 2 aromatic rings. The van der Waals surface area contributed by atoms with Gasteiger partial charge in [-0.15, -0.1) is 6.42 Å². The number of carbonyl (C=O) groups is 1. The fourth-order valence-electron chi connectivity index (χ4n) is 2.89. The Hall–Kier alpha value is -3.06. The van der Waals surface area contributed by atoms with E-state index in [9.17, 15) is 13.2 Å². The van der Waals surface area contributed by atoms with Crippen molar-refractivity contribution in [2.24, 2.45) is 5.92 Å². The van der Waals surface area contributed by atoms with Crippen LogP contribution in [0, 0.1) is 18.3 Å². The summed E-state index contributed by atoms with van der Waals surface area (Å²) in [5.41, 5.74) is 2.05. The molecule has 0 aromatic heterocycles. The van der Waals surface area contributed by atoms with Gasteiger partial charge < -0.3 is 14.8 Å². The lowest BCUT2D eigenvalue weighted by atomic mass is 10.0. The first-order valence-corrected chi connectivity index (χ1v) is 11.4. The number of methoxy groups -OCH3 is 1. The van der Waals surface area contributed by atoms with Crippen LogP contribution in [0.15, 0.2) is 42.5 Å². The smallest absolute Gasteiger partial charge is 0.279 e. The molecule has 172 valence electrons. The molecule has 8 nitrogen and oxygen atoms in total. The molecule has 1 atom stereocenters. The molecular weight excluding hydrogens is 430 g/mol. The van der Waals surface area contributed by atoms with Crippen molar-refractivity contribution in [1.82, 2.24) is 9.03 Å². The summed E-state index contributed by atoms with van der Waals surface area (Å²) in [7, 11) is 0.542. The molecule has 0 radical (unpaired) electrons. The molecule has 0 saturated carbocycles. The predicted octanol–water partition coefficient (Wildman–Crippen LogP) is 2.73. The van der Waals surface area contributed by atoms with Gasteiger partial charge in [-0.3, -0.25) is 4.79 Å². The first-order chi connectivity index (χ1) is 15.1. The second kappa shape index (κ2) is 11.0. The quantitative estimate of drug-likeness (QED) is 0.533. The van der Waals surface area contributed by atoms with Crippen molar-refractivity contribution in [3.8, 4) is 35.0 Å². The number of terminal acetylenes is 1. The van der Waals surface area contributed by atoms with Crippen molar-refractivity contribution >= 4 is 21.8 Å². The lowest BCUT2D eigenvalue weighted by Crippen LogP contribution is -2.50. The second-order valence-corrected chi connectivity index (χ2v) is 9.44. The van der Waals surface area contributed by atoms with Crippen molar-refractivity contribution in [3.63, 3.8) is 0 Å². The Labute approximate surface area is 190 Å². The molecule has 0 bridgehead atoms. The molecule has 32 heavy (non-hydrogen) atoms. The summed E-state index contributed by atoms with van der Waals surface area (Å²) in [5.74, 6) is 2.68. The van der Waals surface area contributed by atoms with Crippen LogP contribution in [0.5, 0.6) is 11.5 Å². The highest BCUT2D eigenvalue weighted by Gasteiger charge is 2.29. The molecule has 2 aromatic carbocycles. The minimum atomic E-state index is -3.79. The number of nitrogens with zero attached hydrogens (tertiary/aromatic N) is 1. The number of hydrogen-bond acceptors (Lipinski definition) is 5. The lowest BCUT2D eigenvalue weighted by molar-refractivity contribution is -0.118. The molecule has 2 rings (SSSR count). The molecule has 1 amide bonds. The third-order valence-corrected chi connectivity index (χ3v) is 6.19. The summed E-state index contributed by atoms with van der Waals surface area (Å²) in [6.07, 6.45) is 5.25. The Kier molecular flexibility index (Phi) is 8.66. The van der Waals surface area contributed by atoms with Gasteiger partial charge in [0.1, 0.15) is 12.6 Å². The SMILES string of the molecule is C#CCOc1ccc(-c2ccccc2NC(=O)[C@@H](NS(=O)(=O)N(C)C)C(C)C)cc1OC. The normalized spacial score (nSPS) is 12.3. The van der Waals surface area contributed by atoms with Crippen LogP contribution >= 0.6 is 0 Å². The van der Waals surface area contributed by atoms with Gasteiger partial charge in [0.15, 0.2) is 11.5 Å². The average Bonchev–Trinajstić information content (AvgIpc) is 2.76. The number of carbonyl (C=O) groups excluding carboxylic acids is 1. The topological polar surface area (TPSA) is 97.0 Å². The maximum absolute atomic E-state index is 13.0. The van der Waals surface area contributed by atoms with E-state index in [1.807, 2.05) is 18.2 Å². The minimum absolute atomic E-state index is 0.113. The number of nitrogens with one attached hydrogen (secondary N) is 2. The Morgan fingerprint density at radius 3 is 2.44 bits per heavy atom. The largest absolute Gasteiger partial charge is 0.493 e. The zero-order chi connectivity index (χ0) is 23.9. The van der Waals surface area contributed by atoms with Crippen LogP contribution in [0.3, 0.4) is 0 Å². The standard InChI is InChI=1S/C23H29N3O5S/c1-7-14-31-20-13-12-17(15-21(20)30-6)18-10-8-9-11-19(18)24-23(27)22(16(2)3)25-32(28,29)26(4)5/h1,8-13,15-16,22,25H,14H2,2-6H3,(H,24,27)/t22-/m0/s1. The van der Waals surface area contributed by atoms with E-state index in [2.05, 4.69) is 16.0 Å². The average molecular weight is 460 g/mol. The molecule has 0 spiro atoms. The van der Waals surface area contributed by atoms with Crippen LogP contribution < -0.4 is 19.5 Å². The Morgan fingerprint density at radius 2 is 1.84 bits per heavy atom. The number of hydrogen-bond donors (Lipinski definition) is 2. The van der Waals surface area contributed by atoms with Crippen molar-refractivity contribution in [1.29, 1.82) is 0 Å². The fourth-order valence-corrected chi connectivity index (χ4v) is 3.80. The number of rotatable bonds is 10. The maximum atomic E-state index is 13.0. The molecule has 9 heteroatoms. The predicted molar refractivity (Wildman–Crippen MR) is 126 cm³/mol. The Balaban J connectivity index is 2.36. The molecule has 0 aliphatic heterocycles. The highest BCUT2D eigenvalue weighted by Crippen LogP contribution is 2.35. The van der Waals surface area contributed by atoms with E-state index in [4.69, 9.17) is 15.9 Å². The molecular formula is C23H29N3O5S. The fraction of sp³-hybridized carbons (Fsp3) is 0.348. The van der Waals surface area contributed by atoms with Gasteiger partial charge in [-0.25, -0.2) is 0 Å². The van der Waals surface area contributed by atoms with Gasteiger partial charge in [-0.1, -0.05) is 44.0 Å². The monoisotopic (exact) mass is 459 g/mol. The van der Waals surface area contributed by atoms with E-state index < -0.39 is 22.2 Å². The maximum Gasteiger partial charge on any atom is 0.279 e. The highest BCUT2D eigenvalue weighted by atomic mass is 32.2. The van der Waals surface area contributed by atoms with Crippen LogP contribution in [0.25, 0.3) is 11.1 Å². The van der Waals surface area contributed by atoms with Gasteiger partial charge in [0.25, 0.3) is 10.2 Å². The summed E-state index contributed by atoms with van der Waals surface area (Å²) in [4.78, 5) is 13.0. The summed E-state index contributed by atoms with van der Waals surface area (Å²) in [6, 6.07) is 11.6. The number of benzene rings is 2. The molecule has 2 N–H and O–H groups in total. The summed E-state index contributed by atoms with van der Waals surface area (Å²) in [5, 5.41) is 2.86. The highest BCUT2D eigenvalue weighted by molar-refractivity contribution is 7.87. The van der Waals surface area contributed by atoms with E-state index in [1.54, 1.807) is 38.1 Å². The first-order valence-electron chi connectivity index (χ1n) is 9.95. The zero-order valence-corrected chi connectivity index (χ0v) is 19.7. The number of ether oxygens (including phenoxy) is 2. The van der Waals surface area contributed by atoms with Crippen LogP contribution in [0.1, 0.15) is 13.8 Å². The van der Waals surface area contributed by atoms with Crippen molar-refractivity contribution in [2.75, 3.05) is 33.1 Å². The zero-order valence-electron chi connectivity index (χ0n) is 18.9. The van der Waals surface area contributed by atoms with E-state index in [0.29, 0.717) is 17.2 Å². The third-order valence-electron chi connectivity index (χ3n) is 4.68. The van der Waals surface area contributed by atoms with Gasteiger partial charge in [-0.05, 0) is 29.7 Å². The molecule has 0 aliphatic carbocycles. The number of anilines is 1. The van der Waals surface area contributed by atoms with Crippen LogP contribution in [-0.4, -0.2) is 52.5 Å². The Bertz CT molecular complexity index is 1090. The van der Waals surface area contributed by atoms with E-state index >= 15 is 0 Å². The van der Waals surface area contributed by atoms with Gasteiger partial charge >= 0.3 is 0 Å². The number of amides is 1. The van der Waals surface area contributed by atoms with Crippen molar-refractivity contribution in [2.45, 2.75) is 19.9 Å². The molecule has 0 unspecified atom stereocenters. The van der Waals surface area contributed by atoms with Gasteiger partial charge in [0.2, 0.25) is 5.91 Å². The van der Waals surface area contributed by atoms with Gasteiger partial charge in [-0.2, -0.15) is 17.4 Å². The van der Waals surface area contributed by atoms with Gasteiger partial charge in [0.05, 0.1) is 7.11 Å². The van der Waals surface area contributed by atoms with Gasteiger partial charge in [0, 0.05) is 25.3 Å². The number of para-hydroxylation sites is 1. The van der Waals surface area contributed by atoms with Crippen LogP contribution in [0.4, 0.5) is 5.69 Å². The van der Waals surface area contributed by atoms with Crippen LogP contribution in [-0.2, 0) is 15.0 Å². The molecule has 0 heterocycles. The van der Waals surface area contributed by atoms with E-state index in [1.165, 1.54) is 21.2 Å². The lowest BCUT2D eigenvalue weighted by Gasteiger charge is -2.24. The van der Waals surface area contributed by atoms with Crippen LogP contribution in [0.2, 0.25) is 0 Å². The minimum Gasteiger partial charge on any atom is -0.493 e. The van der Waals surface area contributed by atoms with E-state index in [-0.39, 0.29) is 12.5 Å². The molecule has 0 fully saturated rings.